The van der Waals surface area contributed by atoms with Crippen LogP contribution in [0, 0.1) is 0 Å². The topological polar surface area (TPSA) is 71.1 Å². The summed E-state index contributed by atoms with van der Waals surface area (Å²) >= 11 is 0. The SMILES string of the molecule is CC[C@@H](C)NC(=O)[C@H](C)NC(=O)CCc1ccccn1. The van der Waals surface area contributed by atoms with Crippen molar-refractivity contribution in [2.75, 3.05) is 0 Å². The first-order chi connectivity index (χ1) is 9.52. The summed E-state index contributed by atoms with van der Waals surface area (Å²) in [4.78, 5) is 27.7. The molecule has 1 heterocycles. The summed E-state index contributed by atoms with van der Waals surface area (Å²) in [5, 5.41) is 5.54. The Labute approximate surface area is 120 Å². The van der Waals surface area contributed by atoms with Gasteiger partial charge in [0.15, 0.2) is 0 Å². The third-order valence-corrected chi connectivity index (χ3v) is 3.11. The first kappa shape index (κ1) is 16.1. The summed E-state index contributed by atoms with van der Waals surface area (Å²) in [6.07, 6.45) is 3.48. The monoisotopic (exact) mass is 277 g/mol. The summed E-state index contributed by atoms with van der Waals surface area (Å²) in [6, 6.07) is 5.22. The van der Waals surface area contributed by atoms with E-state index in [4.69, 9.17) is 0 Å². The molecule has 1 aromatic rings. The highest BCUT2D eigenvalue weighted by molar-refractivity contribution is 5.87. The van der Waals surface area contributed by atoms with E-state index in [1.54, 1.807) is 13.1 Å². The van der Waals surface area contributed by atoms with Crippen LogP contribution in [0.15, 0.2) is 24.4 Å². The van der Waals surface area contributed by atoms with Crippen LogP contribution < -0.4 is 10.6 Å². The molecule has 2 N–H and O–H groups in total. The highest BCUT2D eigenvalue weighted by atomic mass is 16.2. The zero-order valence-electron chi connectivity index (χ0n) is 12.3. The highest BCUT2D eigenvalue weighted by Crippen LogP contribution is 1.99. The molecule has 0 saturated heterocycles. The van der Waals surface area contributed by atoms with Gasteiger partial charge in [-0.1, -0.05) is 13.0 Å². The summed E-state index contributed by atoms with van der Waals surface area (Å²) in [5.41, 5.74) is 0.874. The molecule has 20 heavy (non-hydrogen) atoms. The molecule has 0 aliphatic heterocycles. The molecule has 0 aliphatic rings. The molecule has 0 unspecified atom stereocenters. The number of carbonyl (C=O) groups is 2. The molecule has 5 nitrogen and oxygen atoms in total. The molecule has 0 spiro atoms. The molecule has 110 valence electrons. The number of aryl methyl sites for hydroxylation is 1. The zero-order valence-corrected chi connectivity index (χ0v) is 12.3. The van der Waals surface area contributed by atoms with E-state index < -0.39 is 6.04 Å². The molecule has 2 atom stereocenters. The van der Waals surface area contributed by atoms with Gasteiger partial charge in [-0.15, -0.1) is 0 Å². The fourth-order valence-corrected chi connectivity index (χ4v) is 1.64. The molecular formula is C15H23N3O2. The van der Waals surface area contributed by atoms with Gasteiger partial charge >= 0.3 is 0 Å². The number of aromatic nitrogens is 1. The van der Waals surface area contributed by atoms with E-state index in [1.165, 1.54) is 0 Å². The lowest BCUT2D eigenvalue weighted by Crippen LogP contribution is -2.47. The van der Waals surface area contributed by atoms with Crippen LogP contribution in [-0.2, 0) is 16.0 Å². The fraction of sp³-hybridized carbons (Fsp3) is 0.533. The molecule has 2 amide bonds. The van der Waals surface area contributed by atoms with Crippen molar-refractivity contribution in [3.05, 3.63) is 30.1 Å². The van der Waals surface area contributed by atoms with E-state index in [9.17, 15) is 9.59 Å². The van der Waals surface area contributed by atoms with Crippen molar-refractivity contribution in [3.63, 3.8) is 0 Å². The standard InChI is InChI=1S/C15H23N3O2/c1-4-11(2)17-15(20)12(3)18-14(19)9-8-13-7-5-6-10-16-13/h5-7,10-12H,4,8-9H2,1-3H3,(H,17,20)(H,18,19)/t11-,12+/m1/s1. The third kappa shape index (κ3) is 5.82. The first-order valence-corrected chi connectivity index (χ1v) is 7.02. The van der Waals surface area contributed by atoms with Gasteiger partial charge in [0.25, 0.3) is 0 Å². The summed E-state index contributed by atoms with van der Waals surface area (Å²) in [6.45, 7) is 5.63. The Morgan fingerprint density at radius 2 is 2.00 bits per heavy atom. The average molecular weight is 277 g/mol. The quantitative estimate of drug-likeness (QED) is 0.792. The largest absolute Gasteiger partial charge is 0.352 e. The number of nitrogens with zero attached hydrogens (tertiary/aromatic N) is 1. The second kappa shape index (κ2) is 8.30. The van der Waals surface area contributed by atoms with Crippen LogP contribution in [0.3, 0.4) is 0 Å². The highest BCUT2D eigenvalue weighted by Gasteiger charge is 2.16. The van der Waals surface area contributed by atoms with Gasteiger partial charge in [-0.2, -0.15) is 0 Å². The van der Waals surface area contributed by atoms with E-state index in [1.807, 2.05) is 32.0 Å². The van der Waals surface area contributed by atoms with Crippen LogP contribution in [0.25, 0.3) is 0 Å². The van der Waals surface area contributed by atoms with E-state index in [0.29, 0.717) is 12.8 Å². The van der Waals surface area contributed by atoms with Crippen LogP contribution >= 0.6 is 0 Å². The molecule has 0 radical (unpaired) electrons. The van der Waals surface area contributed by atoms with Crippen molar-refractivity contribution >= 4 is 11.8 Å². The predicted molar refractivity (Wildman–Crippen MR) is 78.1 cm³/mol. The molecular weight excluding hydrogens is 254 g/mol. The van der Waals surface area contributed by atoms with Crippen molar-refractivity contribution < 1.29 is 9.59 Å². The van der Waals surface area contributed by atoms with Crippen molar-refractivity contribution in [2.45, 2.75) is 52.1 Å². The Kier molecular flexibility index (Phi) is 6.70. The van der Waals surface area contributed by atoms with Gasteiger partial charge in [0.05, 0.1) is 0 Å². The maximum Gasteiger partial charge on any atom is 0.242 e. The molecule has 0 saturated carbocycles. The van der Waals surface area contributed by atoms with Gasteiger partial charge < -0.3 is 10.6 Å². The van der Waals surface area contributed by atoms with Gasteiger partial charge in [0, 0.05) is 24.4 Å². The normalized spacial score (nSPS) is 13.3. The molecule has 1 aromatic heterocycles. The van der Waals surface area contributed by atoms with Gasteiger partial charge in [0.2, 0.25) is 11.8 Å². The van der Waals surface area contributed by atoms with Crippen molar-refractivity contribution in [1.82, 2.24) is 15.6 Å². The zero-order chi connectivity index (χ0) is 15.0. The van der Waals surface area contributed by atoms with Crippen molar-refractivity contribution in [1.29, 1.82) is 0 Å². The Morgan fingerprint density at radius 3 is 2.60 bits per heavy atom. The predicted octanol–water partition coefficient (Wildman–Crippen LogP) is 1.43. The maximum absolute atomic E-state index is 11.8. The van der Waals surface area contributed by atoms with Crippen molar-refractivity contribution in [2.24, 2.45) is 0 Å². The third-order valence-electron chi connectivity index (χ3n) is 3.11. The van der Waals surface area contributed by atoms with Crippen LogP contribution in [0.5, 0.6) is 0 Å². The van der Waals surface area contributed by atoms with Crippen LogP contribution in [0.4, 0.5) is 0 Å². The molecule has 0 fully saturated rings. The molecule has 0 aromatic carbocycles. The summed E-state index contributed by atoms with van der Waals surface area (Å²) in [7, 11) is 0. The van der Waals surface area contributed by atoms with Gasteiger partial charge in [-0.05, 0) is 38.8 Å². The Bertz CT molecular complexity index is 434. The maximum atomic E-state index is 11.8. The van der Waals surface area contributed by atoms with E-state index in [0.717, 1.165) is 12.1 Å². The smallest absolute Gasteiger partial charge is 0.242 e. The first-order valence-electron chi connectivity index (χ1n) is 7.02. The molecule has 1 rings (SSSR count). The number of rotatable bonds is 7. The van der Waals surface area contributed by atoms with Gasteiger partial charge in [0.1, 0.15) is 6.04 Å². The summed E-state index contributed by atoms with van der Waals surface area (Å²) in [5.74, 6) is -0.284. The fourth-order valence-electron chi connectivity index (χ4n) is 1.64. The number of pyridine rings is 1. The second-order valence-corrected chi connectivity index (χ2v) is 4.93. The van der Waals surface area contributed by atoms with Crippen LogP contribution in [-0.4, -0.2) is 28.9 Å². The minimum atomic E-state index is -0.514. The minimum absolute atomic E-state index is 0.121. The Balaban J connectivity index is 2.32. The van der Waals surface area contributed by atoms with E-state index >= 15 is 0 Å². The van der Waals surface area contributed by atoms with Crippen LogP contribution in [0.1, 0.15) is 39.3 Å². The van der Waals surface area contributed by atoms with Gasteiger partial charge in [-0.25, -0.2) is 0 Å². The van der Waals surface area contributed by atoms with E-state index in [-0.39, 0.29) is 17.9 Å². The minimum Gasteiger partial charge on any atom is -0.352 e. The lowest BCUT2D eigenvalue weighted by atomic mass is 10.2. The number of hydrogen-bond donors (Lipinski definition) is 2. The number of nitrogens with one attached hydrogen (secondary N) is 2. The van der Waals surface area contributed by atoms with E-state index in [2.05, 4.69) is 15.6 Å². The Morgan fingerprint density at radius 1 is 1.25 bits per heavy atom. The lowest BCUT2D eigenvalue weighted by molar-refractivity contribution is -0.128. The van der Waals surface area contributed by atoms with Crippen molar-refractivity contribution in [3.8, 4) is 0 Å². The summed E-state index contributed by atoms with van der Waals surface area (Å²) < 4.78 is 0. The molecule has 0 aliphatic carbocycles. The second-order valence-electron chi connectivity index (χ2n) is 4.93. The number of hydrogen-bond acceptors (Lipinski definition) is 3. The molecule has 0 bridgehead atoms. The average Bonchev–Trinajstić information content (AvgIpc) is 2.45. The van der Waals surface area contributed by atoms with Gasteiger partial charge in [-0.3, -0.25) is 14.6 Å². The number of carbonyl (C=O) groups excluding carboxylic acids is 2. The Hall–Kier alpha value is -1.91. The number of amides is 2. The lowest BCUT2D eigenvalue weighted by Gasteiger charge is -2.17. The molecule has 5 heteroatoms. The van der Waals surface area contributed by atoms with Crippen LogP contribution in [0.2, 0.25) is 0 Å².